The third kappa shape index (κ3) is 2.56. The zero-order valence-corrected chi connectivity index (χ0v) is 10.1. The van der Waals surface area contributed by atoms with E-state index in [0.717, 1.165) is 0 Å². The van der Waals surface area contributed by atoms with Gasteiger partial charge in [-0.15, -0.1) is 22.7 Å². The van der Waals surface area contributed by atoms with Gasteiger partial charge >= 0.3 is 0 Å². The van der Waals surface area contributed by atoms with Gasteiger partial charge in [-0.1, -0.05) is 32.6 Å². The molecule has 0 amide bonds. The van der Waals surface area contributed by atoms with Crippen molar-refractivity contribution in [1.82, 2.24) is 0 Å². The van der Waals surface area contributed by atoms with Gasteiger partial charge in [0.2, 0.25) is 0 Å². The highest BCUT2D eigenvalue weighted by atomic mass is 32.1. The lowest BCUT2D eigenvalue weighted by molar-refractivity contribution is 1.50. The normalized spacial score (nSPS) is 9.00. The fourth-order valence-electron chi connectivity index (χ4n) is 1.01. The molecule has 0 aliphatic carbocycles. The predicted octanol–water partition coefficient (Wildman–Crippen LogP) is 5.15. The fraction of sp³-hybridized carbons (Fsp3) is 0.167. The van der Waals surface area contributed by atoms with Gasteiger partial charge in [0.05, 0.1) is 0 Å². The molecule has 2 aromatic heterocycles. The monoisotopic (exact) mass is 222 g/mol. The van der Waals surface area contributed by atoms with Gasteiger partial charge in [0.25, 0.3) is 0 Å². The molecule has 14 heavy (non-hydrogen) atoms. The first-order valence-corrected chi connectivity index (χ1v) is 6.36. The molecule has 0 fully saturated rings. The summed E-state index contributed by atoms with van der Waals surface area (Å²) in [6, 6.07) is 8.47. The Morgan fingerprint density at radius 1 is 1.14 bits per heavy atom. The van der Waals surface area contributed by atoms with Crippen LogP contribution in [0.1, 0.15) is 18.7 Å². The van der Waals surface area contributed by atoms with Crippen LogP contribution in [0.25, 0.3) is 15.8 Å². The summed E-state index contributed by atoms with van der Waals surface area (Å²) >= 11 is 3.56. The van der Waals surface area contributed by atoms with Crippen LogP contribution in [-0.2, 0) is 0 Å². The molecular weight excluding hydrogens is 208 g/mol. The van der Waals surface area contributed by atoms with Gasteiger partial charge < -0.3 is 0 Å². The maximum atomic E-state index is 3.74. The van der Waals surface area contributed by atoms with E-state index in [1.165, 1.54) is 14.6 Å². The zero-order valence-electron chi connectivity index (χ0n) is 8.49. The summed E-state index contributed by atoms with van der Waals surface area (Å²) in [6.45, 7) is 7.74. The van der Waals surface area contributed by atoms with Crippen molar-refractivity contribution in [3.63, 3.8) is 0 Å². The Morgan fingerprint density at radius 3 is 2.43 bits per heavy atom. The third-order valence-electron chi connectivity index (χ3n) is 1.59. The number of hydrogen-bond donors (Lipinski definition) is 0. The first-order valence-electron chi connectivity index (χ1n) is 4.66. The van der Waals surface area contributed by atoms with Crippen molar-refractivity contribution in [3.05, 3.63) is 41.1 Å². The first kappa shape index (κ1) is 11.2. The lowest BCUT2D eigenvalue weighted by Crippen LogP contribution is -1.55. The van der Waals surface area contributed by atoms with E-state index < -0.39 is 0 Å². The lowest BCUT2D eigenvalue weighted by Gasteiger charge is -1.86. The second-order valence-electron chi connectivity index (χ2n) is 2.38. The predicted molar refractivity (Wildman–Crippen MR) is 69.1 cm³/mol. The summed E-state index contributed by atoms with van der Waals surface area (Å²) in [4.78, 5) is 3.91. The minimum Gasteiger partial charge on any atom is -0.143 e. The van der Waals surface area contributed by atoms with E-state index in [9.17, 15) is 0 Å². The Bertz CT molecular complexity index is 369. The molecule has 0 nitrogen and oxygen atoms in total. The minimum absolute atomic E-state index is 1.23. The van der Waals surface area contributed by atoms with E-state index in [-0.39, 0.29) is 0 Å². The van der Waals surface area contributed by atoms with E-state index >= 15 is 0 Å². The molecular formula is C12H14S2. The van der Waals surface area contributed by atoms with Crippen LogP contribution in [0.3, 0.4) is 0 Å². The molecule has 0 saturated heterocycles. The molecule has 0 N–H and O–H groups in total. The van der Waals surface area contributed by atoms with Crippen LogP contribution in [0.5, 0.6) is 0 Å². The molecule has 0 atom stereocenters. The Labute approximate surface area is 93.5 Å². The summed E-state index contributed by atoms with van der Waals surface area (Å²) in [5.41, 5.74) is 0. The number of hydrogen-bond acceptors (Lipinski definition) is 2. The van der Waals surface area contributed by atoms with Gasteiger partial charge in [-0.05, 0) is 23.6 Å². The van der Waals surface area contributed by atoms with Gasteiger partial charge in [-0.25, -0.2) is 0 Å². The SMILES string of the molecule is C=Cc1ccc(-c2cccs2)s1.CC. The van der Waals surface area contributed by atoms with Gasteiger partial charge in [-0.3, -0.25) is 0 Å². The van der Waals surface area contributed by atoms with Crippen molar-refractivity contribution in [2.75, 3.05) is 0 Å². The maximum Gasteiger partial charge on any atom is 0.0448 e. The number of rotatable bonds is 2. The molecule has 0 saturated carbocycles. The number of thiophene rings is 2. The van der Waals surface area contributed by atoms with Crippen LogP contribution < -0.4 is 0 Å². The molecule has 2 heteroatoms. The molecule has 0 aromatic carbocycles. The van der Waals surface area contributed by atoms with E-state index in [1.54, 1.807) is 22.7 Å². The van der Waals surface area contributed by atoms with Crippen molar-refractivity contribution < 1.29 is 0 Å². The first-order chi connectivity index (χ1) is 6.90. The van der Waals surface area contributed by atoms with Crippen molar-refractivity contribution in [3.8, 4) is 9.75 Å². The molecule has 2 aromatic rings. The minimum atomic E-state index is 1.23. The van der Waals surface area contributed by atoms with Gasteiger partial charge in [0.1, 0.15) is 0 Å². The third-order valence-corrected chi connectivity index (χ3v) is 3.74. The van der Waals surface area contributed by atoms with Crippen LogP contribution in [0.4, 0.5) is 0 Å². The van der Waals surface area contributed by atoms with Crippen LogP contribution >= 0.6 is 22.7 Å². The summed E-state index contributed by atoms with van der Waals surface area (Å²) < 4.78 is 0. The molecule has 0 bridgehead atoms. The standard InChI is InChI=1S/C10H8S2.C2H6/c1-2-8-5-6-10(12-8)9-4-3-7-11-9;1-2/h2-7H,1H2;1-2H3. The van der Waals surface area contributed by atoms with E-state index in [1.807, 2.05) is 19.9 Å². The second-order valence-corrected chi connectivity index (χ2v) is 4.45. The Kier molecular flexibility index (Phi) is 4.63. The van der Waals surface area contributed by atoms with Crippen LogP contribution in [0, 0.1) is 0 Å². The molecule has 0 spiro atoms. The molecule has 0 radical (unpaired) electrons. The second kappa shape index (κ2) is 5.78. The molecule has 0 unspecified atom stereocenters. The topological polar surface area (TPSA) is 0 Å². The van der Waals surface area contributed by atoms with Gasteiger partial charge in [0.15, 0.2) is 0 Å². The van der Waals surface area contributed by atoms with Crippen LogP contribution in [0.15, 0.2) is 36.2 Å². The zero-order chi connectivity index (χ0) is 10.4. The lowest BCUT2D eigenvalue weighted by atomic mass is 10.4. The van der Waals surface area contributed by atoms with Crippen molar-refractivity contribution in [2.45, 2.75) is 13.8 Å². The largest absolute Gasteiger partial charge is 0.143 e. The average Bonchev–Trinajstić information content (AvgIpc) is 2.91. The summed E-state index contributed by atoms with van der Waals surface area (Å²) in [5, 5.41) is 2.10. The van der Waals surface area contributed by atoms with Crippen LogP contribution in [-0.4, -0.2) is 0 Å². The van der Waals surface area contributed by atoms with Crippen molar-refractivity contribution >= 4 is 28.7 Å². The molecule has 0 aliphatic rings. The summed E-state index contributed by atoms with van der Waals surface area (Å²) in [5.74, 6) is 0. The molecule has 2 heterocycles. The smallest absolute Gasteiger partial charge is 0.0448 e. The fourth-order valence-corrected chi connectivity index (χ4v) is 2.71. The molecule has 74 valence electrons. The van der Waals surface area contributed by atoms with Crippen molar-refractivity contribution in [2.24, 2.45) is 0 Å². The highest BCUT2D eigenvalue weighted by Gasteiger charge is 2.00. The maximum absolute atomic E-state index is 3.74. The Morgan fingerprint density at radius 2 is 1.93 bits per heavy atom. The molecule has 0 aliphatic heterocycles. The van der Waals surface area contributed by atoms with E-state index in [0.29, 0.717) is 0 Å². The van der Waals surface area contributed by atoms with Gasteiger partial charge in [0, 0.05) is 14.6 Å². The Balaban J connectivity index is 0.000000461. The Hall–Kier alpha value is -0.860. The highest BCUT2D eigenvalue weighted by molar-refractivity contribution is 7.21. The summed E-state index contributed by atoms with van der Waals surface area (Å²) in [6.07, 6.45) is 1.89. The summed E-state index contributed by atoms with van der Waals surface area (Å²) in [7, 11) is 0. The van der Waals surface area contributed by atoms with E-state index in [2.05, 4.69) is 36.2 Å². The van der Waals surface area contributed by atoms with Crippen molar-refractivity contribution in [1.29, 1.82) is 0 Å². The van der Waals surface area contributed by atoms with Crippen LogP contribution in [0.2, 0.25) is 0 Å². The average molecular weight is 222 g/mol. The molecule has 2 rings (SSSR count). The quantitative estimate of drug-likeness (QED) is 0.659. The van der Waals surface area contributed by atoms with Gasteiger partial charge in [-0.2, -0.15) is 0 Å². The van der Waals surface area contributed by atoms with E-state index in [4.69, 9.17) is 0 Å². The highest BCUT2D eigenvalue weighted by Crippen LogP contribution is 2.31.